The van der Waals surface area contributed by atoms with Crippen molar-refractivity contribution < 1.29 is 14.6 Å². The zero-order chi connectivity index (χ0) is 19.1. The Bertz CT molecular complexity index is 720. The Morgan fingerprint density at radius 2 is 1.74 bits per heavy atom. The molecule has 1 aliphatic rings. The SMILES string of the molecule is COc1ccccc1N1CCN(CC(O)COCc2ccccc2Cl)CC1. The van der Waals surface area contributed by atoms with Crippen LogP contribution < -0.4 is 9.64 Å². The molecule has 0 saturated carbocycles. The summed E-state index contributed by atoms with van der Waals surface area (Å²) in [6, 6.07) is 15.7. The number of hydrogen-bond acceptors (Lipinski definition) is 5. The standard InChI is InChI=1S/C21H27ClN2O3/c1-26-21-9-5-4-8-20(21)24-12-10-23(11-13-24)14-18(25)16-27-15-17-6-2-3-7-19(17)22/h2-9,18,25H,10-16H2,1H3. The summed E-state index contributed by atoms with van der Waals surface area (Å²) in [6.07, 6.45) is -0.509. The van der Waals surface area contributed by atoms with E-state index < -0.39 is 6.10 Å². The number of ether oxygens (including phenoxy) is 2. The molecule has 0 radical (unpaired) electrons. The van der Waals surface area contributed by atoms with Gasteiger partial charge in [0.05, 0.1) is 32.1 Å². The van der Waals surface area contributed by atoms with E-state index in [1.165, 1.54) is 0 Å². The van der Waals surface area contributed by atoms with Crippen LogP contribution in [0.3, 0.4) is 0 Å². The molecule has 0 aliphatic carbocycles. The molecule has 0 amide bonds. The molecule has 1 saturated heterocycles. The fourth-order valence-electron chi connectivity index (χ4n) is 3.33. The molecule has 27 heavy (non-hydrogen) atoms. The zero-order valence-electron chi connectivity index (χ0n) is 15.7. The van der Waals surface area contributed by atoms with Crippen LogP contribution in [-0.4, -0.2) is 62.6 Å². The number of halogens is 1. The van der Waals surface area contributed by atoms with Crippen molar-refractivity contribution in [2.75, 3.05) is 51.3 Å². The van der Waals surface area contributed by atoms with Crippen LogP contribution in [0.5, 0.6) is 5.75 Å². The summed E-state index contributed by atoms with van der Waals surface area (Å²) in [5.74, 6) is 0.902. The number of nitrogens with zero attached hydrogens (tertiary/aromatic N) is 2. The minimum Gasteiger partial charge on any atom is -0.495 e. The number of β-amino-alcohol motifs (C(OH)–C–C–N with tert-alkyl or cyclic N) is 1. The minimum atomic E-state index is -0.509. The molecule has 0 spiro atoms. The molecule has 2 aromatic rings. The fourth-order valence-corrected chi connectivity index (χ4v) is 3.52. The van der Waals surface area contributed by atoms with Crippen LogP contribution in [0.4, 0.5) is 5.69 Å². The van der Waals surface area contributed by atoms with E-state index in [9.17, 15) is 5.11 Å². The van der Waals surface area contributed by atoms with Gasteiger partial charge in [-0.25, -0.2) is 0 Å². The predicted molar refractivity (Wildman–Crippen MR) is 109 cm³/mol. The molecule has 1 heterocycles. The number of anilines is 1. The van der Waals surface area contributed by atoms with Crippen molar-refractivity contribution in [2.45, 2.75) is 12.7 Å². The molecule has 1 N–H and O–H groups in total. The number of piperazine rings is 1. The molecule has 146 valence electrons. The topological polar surface area (TPSA) is 45.2 Å². The number of rotatable bonds is 8. The first-order valence-electron chi connectivity index (χ1n) is 9.27. The van der Waals surface area contributed by atoms with Crippen LogP contribution in [0.2, 0.25) is 5.02 Å². The monoisotopic (exact) mass is 390 g/mol. The molecule has 2 aromatic carbocycles. The number of methoxy groups -OCH3 is 1. The molecule has 1 fully saturated rings. The Balaban J connectivity index is 1.40. The van der Waals surface area contributed by atoms with E-state index >= 15 is 0 Å². The van der Waals surface area contributed by atoms with Crippen molar-refractivity contribution >= 4 is 17.3 Å². The second-order valence-corrected chi connectivity index (χ2v) is 7.13. The highest BCUT2D eigenvalue weighted by molar-refractivity contribution is 6.31. The molecule has 1 unspecified atom stereocenters. The molecule has 6 heteroatoms. The Labute approximate surface area is 166 Å². The lowest BCUT2D eigenvalue weighted by Crippen LogP contribution is -2.49. The minimum absolute atomic E-state index is 0.304. The van der Waals surface area contributed by atoms with Gasteiger partial charge < -0.3 is 19.5 Å². The lowest BCUT2D eigenvalue weighted by atomic mass is 10.2. The van der Waals surface area contributed by atoms with E-state index in [4.69, 9.17) is 21.1 Å². The Kier molecular flexibility index (Phi) is 7.35. The number of benzene rings is 2. The van der Waals surface area contributed by atoms with E-state index in [-0.39, 0.29) is 0 Å². The van der Waals surface area contributed by atoms with Crippen LogP contribution in [0.25, 0.3) is 0 Å². The van der Waals surface area contributed by atoms with Gasteiger partial charge in [-0.1, -0.05) is 41.9 Å². The summed E-state index contributed by atoms with van der Waals surface area (Å²) in [4.78, 5) is 4.60. The number of aliphatic hydroxyl groups is 1. The molecular weight excluding hydrogens is 364 g/mol. The van der Waals surface area contributed by atoms with Gasteiger partial charge >= 0.3 is 0 Å². The van der Waals surface area contributed by atoms with Crippen molar-refractivity contribution in [3.8, 4) is 5.75 Å². The quantitative estimate of drug-likeness (QED) is 0.750. The van der Waals surface area contributed by atoms with E-state index in [2.05, 4.69) is 15.9 Å². The van der Waals surface area contributed by atoms with Gasteiger partial charge in [0.2, 0.25) is 0 Å². The molecule has 0 aromatic heterocycles. The summed E-state index contributed by atoms with van der Waals surface area (Å²) in [7, 11) is 1.70. The first-order valence-corrected chi connectivity index (χ1v) is 9.64. The number of hydrogen-bond donors (Lipinski definition) is 1. The largest absolute Gasteiger partial charge is 0.495 e. The Morgan fingerprint density at radius 3 is 2.48 bits per heavy atom. The van der Waals surface area contributed by atoms with E-state index in [0.717, 1.165) is 43.2 Å². The van der Waals surface area contributed by atoms with Crippen LogP contribution >= 0.6 is 11.6 Å². The van der Waals surface area contributed by atoms with Gasteiger partial charge in [0.25, 0.3) is 0 Å². The maximum Gasteiger partial charge on any atom is 0.142 e. The number of aliphatic hydroxyl groups excluding tert-OH is 1. The lowest BCUT2D eigenvalue weighted by Gasteiger charge is -2.37. The summed E-state index contributed by atoms with van der Waals surface area (Å²) in [6.45, 7) is 4.96. The maximum absolute atomic E-state index is 10.3. The van der Waals surface area contributed by atoms with Gasteiger partial charge in [-0.3, -0.25) is 4.90 Å². The summed E-state index contributed by atoms with van der Waals surface area (Å²) < 4.78 is 11.1. The second-order valence-electron chi connectivity index (χ2n) is 6.72. The van der Waals surface area contributed by atoms with Crippen molar-refractivity contribution in [3.05, 3.63) is 59.1 Å². The van der Waals surface area contributed by atoms with Crippen molar-refractivity contribution in [2.24, 2.45) is 0 Å². The van der Waals surface area contributed by atoms with Crippen molar-refractivity contribution in [1.29, 1.82) is 0 Å². The van der Waals surface area contributed by atoms with Gasteiger partial charge in [-0.2, -0.15) is 0 Å². The summed E-state index contributed by atoms with van der Waals surface area (Å²) in [5.41, 5.74) is 2.07. The van der Waals surface area contributed by atoms with Crippen LogP contribution in [-0.2, 0) is 11.3 Å². The zero-order valence-corrected chi connectivity index (χ0v) is 16.4. The first-order chi connectivity index (χ1) is 13.2. The van der Waals surface area contributed by atoms with Gasteiger partial charge in [0.1, 0.15) is 5.75 Å². The third kappa shape index (κ3) is 5.59. The van der Waals surface area contributed by atoms with Gasteiger partial charge in [-0.05, 0) is 23.8 Å². The molecule has 5 nitrogen and oxygen atoms in total. The van der Waals surface area contributed by atoms with E-state index in [1.807, 2.05) is 42.5 Å². The highest BCUT2D eigenvalue weighted by Crippen LogP contribution is 2.28. The maximum atomic E-state index is 10.3. The normalized spacial score (nSPS) is 16.3. The van der Waals surface area contributed by atoms with Gasteiger partial charge in [0.15, 0.2) is 0 Å². The van der Waals surface area contributed by atoms with Gasteiger partial charge in [0, 0.05) is 37.7 Å². The molecule has 1 atom stereocenters. The molecule has 0 bridgehead atoms. The first kappa shape index (κ1) is 20.0. The summed E-state index contributed by atoms with van der Waals surface area (Å²) >= 11 is 6.12. The smallest absolute Gasteiger partial charge is 0.142 e. The van der Waals surface area contributed by atoms with E-state index in [1.54, 1.807) is 7.11 Å². The second kappa shape index (κ2) is 9.95. The average molecular weight is 391 g/mol. The number of para-hydroxylation sites is 2. The lowest BCUT2D eigenvalue weighted by molar-refractivity contribution is 0.00915. The Morgan fingerprint density at radius 1 is 1.04 bits per heavy atom. The van der Waals surface area contributed by atoms with Crippen LogP contribution in [0.1, 0.15) is 5.56 Å². The van der Waals surface area contributed by atoms with Gasteiger partial charge in [-0.15, -0.1) is 0 Å². The summed E-state index contributed by atoms with van der Waals surface area (Å²) in [5, 5.41) is 11.0. The van der Waals surface area contributed by atoms with E-state index in [0.29, 0.717) is 24.8 Å². The Hall–Kier alpha value is -1.79. The fraction of sp³-hybridized carbons (Fsp3) is 0.429. The predicted octanol–water partition coefficient (Wildman–Crippen LogP) is 3.05. The average Bonchev–Trinajstić information content (AvgIpc) is 2.70. The molecule has 1 aliphatic heterocycles. The third-order valence-electron chi connectivity index (χ3n) is 4.79. The van der Waals surface area contributed by atoms with Crippen molar-refractivity contribution in [3.63, 3.8) is 0 Å². The van der Waals surface area contributed by atoms with Crippen LogP contribution in [0, 0.1) is 0 Å². The van der Waals surface area contributed by atoms with Crippen molar-refractivity contribution in [1.82, 2.24) is 4.90 Å². The molecule has 3 rings (SSSR count). The highest BCUT2D eigenvalue weighted by atomic mass is 35.5. The highest BCUT2D eigenvalue weighted by Gasteiger charge is 2.21. The molecular formula is C21H27ClN2O3. The third-order valence-corrected chi connectivity index (χ3v) is 5.16. The van der Waals surface area contributed by atoms with Crippen LogP contribution in [0.15, 0.2) is 48.5 Å².